The van der Waals surface area contributed by atoms with E-state index in [1.54, 1.807) is 0 Å². The van der Waals surface area contributed by atoms with Crippen molar-refractivity contribution < 1.29 is 4.79 Å². The van der Waals surface area contributed by atoms with Crippen LogP contribution in [0.25, 0.3) is 11.1 Å². The van der Waals surface area contributed by atoms with Gasteiger partial charge in [0.2, 0.25) is 5.91 Å². The fourth-order valence-electron chi connectivity index (χ4n) is 4.87. The Morgan fingerprint density at radius 1 is 1.00 bits per heavy atom. The standard InChI is InChI=1S/C23H26N2O/c1-15-5-2-3-8-19(15)16-9-11-17(12-10-16)22-20-13-25(14-21(22)24-20)23(26)18-6-4-7-18/h2-3,5,8-12,18,20-22,24H,4,6-7,13-14H2,1H3/t20-,21+,22?. The van der Waals surface area contributed by atoms with Gasteiger partial charge in [0.25, 0.3) is 0 Å². The number of hydrogen-bond donors (Lipinski definition) is 1. The van der Waals surface area contributed by atoms with Crippen LogP contribution in [-0.4, -0.2) is 36.0 Å². The van der Waals surface area contributed by atoms with Gasteiger partial charge in [-0.25, -0.2) is 0 Å². The summed E-state index contributed by atoms with van der Waals surface area (Å²) in [7, 11) is 0. The number of carbonyl (C=O) groups is 1. The highest BCUT2D eigenvalue weighted by Crippen LogP contribution is 2.39. The van der Waals surface area contributed by atoms with Crippen LogP contribution in [-0.2, 0) is 4.79 Å². The van der Waals surface area contributed by atoms with Crippen LogP contribution in [0.4, 0.5) is 0 Å². The molecule has 4 fully saturated rings. The maximum absolute atomic E-state index is 12.5. The van der Waals surface area contributed by atoms with E-state index in [4.69, 9.17) is 0 Å². The van der Waals surface area contributed by atoms with Crippen LogP contribution >= 0.6 is 0 Å². The van der Waals surface area contributed by atoms with E-state index in [9.17, 15) is 4.79 Å². The molecule has 3 atom stereocenters. The zero-order valence-corrected chi connectivity index (χ0v) is 15.3. The molecule has 2 aromatic rings. The van der Waals surface area contributed by atoms with Gasteiger partial charge < -0.3 is 10.2 Å². The lowest BCUT2D eigenvalue weighted by Crippen LogP contribution is -2.72. The fourth-order valence-corrected chi connectivity index (χ4v) is 4.87. The number of fused-ring (bicyclic) bond motifs is 2. The molecule has 3 heteroatoms. The Balaban J connectivity index is 1.30. The first-order valence-corrected chi connectivity index (χ1v) is 9.91. The molecule has 1 aliphatic carbocycles. The molecular formula is C23H26N2O. The summed E-state index contributed by atoms with van der Waals surface area (Å²) in [6, 6.07) is 18.5. The molecule has 3 heterocycles. The highest BCUT2D eigenvalue weighted by Gasteiger charge is 2.48. The lowest BCUT2D eigenvalue weighted by Gasteiger charge is -2.55. The maximum Gasteiger partial charge on any atom is 0.225 e. The van der Waals surface area contributed by atoms with Crippen LogP contribution in [0.15, 0.2) is 48.5 Å². The van der Waals surface area contributed by atoms with Gasteiger partial charge in [0, 0.05) is 37.0 Å². The number of nitrogens with zero attached hydrogens (tertiary/aromatic N) is 1. The van der Waals surface area contributed by atoms with Crippen LogP contribution in [0.5, 0.6) is 0 Å². The van der Waals surface area contributed by atoms with Crippen LogP contribution < -0.4 is 5.32 Å². The molecule has 0 radical (unpaired) electrons. The summed E-state index contributed by atoms with van der Waals surface area (Å²) < 4.78 is 0. The van der Waals surface area contributed by atoms with Gasteiger partial charge >= 0.3 is 0 Å². The van der Waals surface area contributed by atoms with Crippen molar-refractivity contribution in [2.45, 2.75) is 44.2 Å². The van der Waals surface area contributed by atoms with Crippen LogP contribution in [0.2, 0.25) is 0 Å². The van der Waals surface area contributed by atoms with Crippen molar-refractivity contribution in [3.63, 3.8) is 0 Å². The van der Waals surface area contributed by atoms with Gasteiger partial charge in [-0.2, -0.15) is 0 Å². The minimum Gasteiger partial charge on any atom is -0.339 e. The van der Waals surface area contributed by atoms with E-state index >= 15 is 0 Å². The van der Waals surface area contributed by atoms with Crippen molar-refractivity contribution in [3.8, 4) is 11.1 Å². The van der Waals surface area contributed by atoms with E-state index in [2.05, 4.69) is 65.7 Å². The number of benzene rings is 2. The molecule has 1 unspecified atom stereocenters. The van der Waals surface area contributed by atoms with Crippen molar-refractivity contribution in [3.05, 3.63) is 59.7 Å². The number of nitrogens with one attached hydrogen (secondary N) is 1. The molecule has 1 saturated carbocycles. The van der Waals surface area contributed by atoms with Gasteiger partial charge in [-0.15, -0.1) is 0 Å². The molecule has 4 aliphatic rings. The number of carbonyl (C=O) groups excluding carboxylic acids is 1. The van der Waals surface area contributed by atoms with Gasteiger partial charge in [-0.1, -0.05) is 55.0 Å². The number of hydrogen-bond acceptors (Lipinski definition) is 2. The Labute approximate surface area is 155 Å². The fraction of sp³-hybridized carbons (Fsp3) is 0.435. The minimum atomic E-state index is 0.319. The number of amides is 1. The van der Waals surface area contributed by atoms with E-state index in [0.717, 1.165) is 25.9 Å². The second-order valence-electron chi connectivity index (χ2n) is 8.21. The van der Waals surface area contributed by atoms with E-state index in [1.165, 1.54) is 28.7 Å². The van der Waals surface area contributed by atoms with Crippen molar-refractivity contribution in [2.24, 2.45) is 5.92 Å². The van der Waals surface area contributed by atoms with E-state index < -0.39 is 0 Å². The Kier molecular flexibility index (Phi) is 3.86. The summed E-state index contributed by atoms with van der Waals surface area (Å²) in [4.78, 5) is 14.6. The van der Waals surface area contributed by atoms with E-state index in [0.29, 0.717) is 29.8 Å². The molecule has 26 heavy (non-hydrogen) atoms. The molecule has 1 N–H and O–H groups in total. The zero-order valence-electron chi connectivity index (χ0n) is 15.3. The number of rotatable bonds is 3. The van der Waals surface area contributed by atoms with Gasteiger partial charge in [-0.05, 0) is 42.0 Å². The molecule has 6 rings (SSSR count). The third kappa shape index (κ3) is 2.57. The van der Waals surface area contributed by atoms with Gasteiger partial charge in [-0.3, -0.25) is 4.79 Å². The summed E-state index contributed by atoms with van der Waals surface area (Å²) in [5, 5.41) is 3.65. The summed E-state index contributed by atoms with van der Waals surface area (Å²) in [6.07, 6.45) is 3.43. The number of piperidine rings is 1. The topological polar surface area (TPSA) is 32.3 Å². The van der Waals surface area contributed by atoms with Crippen LogP contribution in [0.3, 0.4) is 0 Å². The third-order valence-electron chi connectivity index (χ3n) is 6.65. The first-order chi connectivity index (χ1) is 12.7. The van der Waals surface area contributed by atoms with Gasteiger partial charge in [0.15, 0.2) is 0 Å². The molecule has 0 aromatic heterocycles. The van der Waals surface area contributed by atoms with Crippen molar-refractivity contribution >= 4 is 5.91 Å². The second kappa shape index (κ2) is 6.24. The van der Waals surface area contributed by atoms with E-state index in [-0.39, 0.29) is 0 Å². The molecule has 3 nitrogen and oxygen atoms in total. The van der Waals surface area contributed by atoms with Crippen LogP contribution in [0, 0.1) is 12.8 Å². The summed E-state index contributed by atoms with van der Waals surface area (Å²) in [5.41, 5.74) is 5.31. The Morgan fingerprint density at radius 3 is 2.31 bits per heavy atom. The molecule has 2 aromatic carbocycles. The monoisotopic (exact) mass is 346 g/mol. The molecule has 3 saturated heterocycles. The summed E-state index contributed by atoms with van der Waals surface area (Å²) in [6.45, 7) is 3.91. The quantitative estimate of drug-likeness (QED) is 0.918. The van der Waals surface area contributed by atoms with E-state index in [1.807, 2.05) is 0 Å². The molecule has 3 aliphatic heterocycles. The average Bonchev–Trinajstić information content (AvgIpc) is 2.61. The SMILES string of the molecule is Cc1ccccc1-c1ccc(C2[C@@H]3CN(C(=O)C4CCC4)C[C@H]2N3)cc1. The van der Waals surface area contributed by atoms with Crippen molar-refractivity contribution in [2.75, 3.05) is 13.1 Å². The molecule has 2 bridgehead atoms. The predicted octanol–water partition coefficient (Wildman–Crippen LogP) is 3.73. The third-order valence-corrected chi connectivity index (χ3v) is 6.65. The molecular weight excluding hydrogens is 320 g/mol. The lowest BCUT2D eigenvalue weighted by atomic mass is 9.73. The zero-order chi connectivity index (χ0) is 17.7. The van der Waals surface area contributed by atoms with Crippen molar-refractivity contribution in [1.82, 2.24) is 10.2 Å². The number of piperazine rings is 1. The Hall–Kier alpha value is -2.13. The first kappa shape index (κ1) is 16.1. The highest BCUT2D eigenvalue weighted by molar-refractivity contribution is 5.80. The lowest BCUT2D eigenvalue weighted by molar-refractivity contribution is -0.143. The maximum atomic E-state index is 12.5. The minimum absolute atomic E-state index is 0.319. The average molecular weight is 346 g/mol. The Morgan fingerprint density at radius 2 is 1.69 bits per heavy atom. The molecule has 0 spiro atoms. The summed E-state index contributed by atoms with van der Waals surface area (Å²) >= 11 is 0. The molecule has 1 amide bonds. The largest absolute Gasteiger partial charge is 0.339 e. The predicted molar refractivity (Wildman–Crippen MR) is 104 cm³/mol. The second-order valence-corrected chi connectivity index (χ2v) is 8.21. The number of aryl methyl sites for hydroxylation is 1. The van der Waals surface area contributed by atoms with Gasteiger partial charge in [0.05, 0.1) is 0 Å². The Bertz CT molecular complexity index is 812. The molecule has 134 valence electrons. The smallest absolute Gasteiger partial charge is 0.225 e. The van der Waals surface area contributed by atoms with Gasteiger partial charge in [0.1, 0.15) is 0 Å². The normalized spacial score (nSPS) is 27.6. The van der Waals surface area contributed by atoms with Crippen LogP contribution in [0.1, 0.15) is 36.3 Å². The summed E-state index contributed by atoms with van der Waals surface area (Å²) in [5.74, 6) is 1.27. The first-order valence-electron chi connectivity index (χ1n) is 9.91. The highest BCUT2D eigenvalue weighted by atomic mass is 16.2. The van der Waals surface area contributed by atoms with Crippen molar-refractivity contribution in [1.29, 1.82) is 0 Å².